The van der Waals surface area contributed by atoms with E-state index in [1.54, 1.807) is 41.1 Å². The van der Waals surface area contributed by atoms with E-state index < -0.39 is 17.6 Å². The minimum absolute atomic E-state index is 0.0343. The van der Waals surface area contributed by atoms with Gasteiger partial charge in [-0.1, -0.05) is 30.3 Å². The third-order valence-corrected chi connectivity index (χ3v) is 4.72. The topological polar surface area (TPSA) is 27.1 Å². The van der Waals surface area contributed by atoms with Gasteiger partial charge >= 0.3 is 6.18 Å². The van der Waals surface area contributed by atoms with Gasteiger partial charge in [0.05, 0.1) is 12.7 Å². The van der Waals surface area contributed by atoms with Gasteiger partial charge in [-0.15, -0.1) is 0 Å². The zero-order valence-electron chi connectivity index (χ0n) is 15.8. The number of imidazole rings is 1. The maximum atomic E-state index is 14.4. The number of aromatic nitrogens is 2. The number of benzene rings is 3. The number of ether oxygens (including phenoxy) is 1. The second-order valence-corrected chi connectivity index (χ2v) is 6.56. The summed E-state index contributed by atoms with van der Waals surface area (Å²) in [7, 11) is 1.49. The van der Waals surface area contributed by atoms with Crippen molar-refractivity contribution in [3.63, 3.8) is 0 Å². The van der Waals surface area contributed by atoms with Crippen LogP contribution in [0.3, 0.4) is 0 Å². The Morgan fingerprint density at radius 1 is 0.900 bits per heavy atom. The molecule has 1 heterocycles. The first kappa shape index (κ1) is 19.7. The average Bonchev–Trinajstić information content (AvgIpc) is 3.23. The average molecular weight is 412 g/mol. The van der Waals surface area contributed by atoms with Crippen molar-refractivity contribution >= 4 is 0 Å². The Morgan fingerprint density at radius 2 is 1.70 bits per heavy atom. The lowest BCUT2D eigenvalue weighted by Gasteiger charge is -2.15. The monoisotopic (exact) mass is 412 g/mol. The predicted octanol–water partition coefficient (Wildman–Crippen LogP) is 6.37. The molecule has 7 heteroatoms. The third kappa shape index (κ3) is 3.66. The van der Waals surface area contributed by atoms with Crippen LogP contribution in [-0.2, 0) is 6.18 Å². The molecule has 0 unspecified atom stereocenters. The molecular weight excluding hydrogens is 396 g/mol. The molecule has 30 heavy (non-hydrogen) atoms. The normalized spacial score (nSPS) is 11.5. The van der Waals surface area contributed by atoms with Gasteiger partial charge in [-0.25, -0.2) is 9.37 Å². The van der Waals surface area contributed by atoms with Gasteiger partial charge < -0.3 is 4.74 Å². The Morgan fingerprint density at radius 3 is 2.47 bits per heavy atom. The SMILES string of the molecule is COc1ccc(F)c(-c2cccc(-n3ccnc3-c3ccccc3C(F)(F)F)c2)c1. The van der Waals surface area contributed by atoms with E-state index in [0.717, 1.165) is 6.07 Å². The molecule has 0 saturated heterocycles. The second-order valence-electron chi connectivity index (χ2n) is 6.56. The lowest BCUT2D eigenvalue weighted by Crippen LogP contribution is -2.09. The summed E-state index contributed by atoms with van der Waals surface area (Å²) in [5.41, 5.74) is 0.640. The van der Waals surface area contributed by atoms with E-state index in [1.807, 2.05) is 0 Å². The number of methoxy groups -OCH3 is 1. The van der Waals surface area contributed by atoms with E-state index >= 15 is 0 Å². The predicted molar refractivity (Wildman–Crippen MR) is 106 cm³/mol. The summed E-state index contributed by atoms with van der Waals surface area (Å²) in [6, 6.07) is 16.5. The summed E-state index contributed by atoms with van der Waals surface area (Å²) >= 11 is 0. The first-order valence-electron chi connectivity index (χ1n) is 9.03. The quantitative estimate of drug-likeness (QED) is 0.364. The maximum absolute atomic E-state index is 14.4. The van der Waals surface area contributed by atoms with Crippen LogP contribution in [-0.4, -0.2) is 16.7 Å². The van der Waals surface area contributed by atoms with Crippen LogP contribution in [0.15, 0.2) is 79.1 Å². The molecular formula is C23H16F4N2O. The summed E-state index contributed by atoms with van der Waals surface area (Å²) in [5, 5.41) is 0. The van der Waals surface area contributed by atoms with E-state index in [4.69, 9.17) is 4.74 Å². The zero-order chi connectivity index (χ0) is 21.3. The highest BCUT2D eigenvalue weighted by molar-refractivity contribution is 5.70. The van der Waals surface area contributed by atoms with E-state index in [2.05, 4.69) is 4.98 Å². The third-order valence-electron chi connectivity index (χ3n) is 4.72. The van der Waals surface area contributed by atoms with Crippen LogP contribution in [0.4, 0.5) is 17.6 Å². The lowest BCUT2D eigenvalue weighted by atomic mass is 10.0. The van der Waals surface area contributed by atoms with Crippen molar-refractivity contribution in [2.24, 2.45) is 0 Å². The van der Waals surface area contributed by atoms with Crippen molar-refractivity contribution in [2.45, 2.75) is 6.18 Å². The molecule has 3 nitrogen and oxygen atoms in total. The minimum Gasteiger partial charge on any atom is -0.497 e. The van der Waals surface area contributed by atoms with Crippen LogP contribution in [0.2, 0.25) is 0 Å². The second kappa shape index (κ2) is 7.67. The summed E-state index contributed by atoms with van der Waals surface area (Å²) < 4.78 is 61.6. The van der Waals surface area contributed by atoms with Crippen LogP contribution in [0.1, 0.15) is 5.56 Å². The highest BCUT2D eigenvalue weighted by Gasteiger charge is 2.34. The van der Waals surface area contributed by atoms with E-state index in [0.29, 0.717) is 22.6 Å². The van der Waals surface area contributed by atoms with Gasteiger partial charge in [-0.2, -0.15) is 13.2 Å². The Balaban J connectivity index is 1.83. The summed E-state index contributed by atoms with van der Waals surface area (Å²) in [6.07, 6.45) is -1.51. The molecule has 0 aliphatic carbocycles. The molecule has 3 aromatic carbocycles. The van der Waals surface area contributed by atoms with Crippen molar-refractivity contribution in [1.29, 1.82) is 0 Å². The van der Waals surface area contributed by atoms with E-state index in [1.165, 1.54) is 43.6 Å². The molecule has 0 saturated carbocycles. The van der Waals surface area contributed by atoms with Crippen LogP contribution in [0, 0.1) is 5.82 Å². The fourth-order valence-corrected chi connectivity index (χ4v) is 3.31. The lowest BCUT2D eigenvalue weighted by molar-refractivity contribution is -0.137. The molecule has 1 aromatic heterocycles. The Bertz CT molecular complexity index is 1200. The highest BCUT2D eigenvalue weighted by atomic mass is 19.4. The fourth-order valence-electron chi connectivity index (χ4n) is 3.31. The molecule has 0 atom stereocenters. The van der Waals surface area contributed by atoms with Gasteiger partial charge in [0, 0.05) is 29.2 Å². The molecule has 152 valence electrons. The molecule has 0 fully saturated rings. The van der Waals surface area contributed by atoms with Gasteiger partial charge in [-0.05, 0) is 42.0 Å². The summed E-state index contributed by atoms with van der Waals surface area (Å²) in [5.74, 6) is 0.214. The minimum atomic E-state index is -4.51. The van der Waals surface area contributed by atoms with Gasteiger partial charge in [0.15, 0.2) is 0 Å². The largest absolute Gasteiger partial charge is 0.497 e. The van der Waals surface area contributed by atoms with Crippen LogP contribution in [0.25, 0.3) is 28.2 Å². The van der Waals surface area contributed by atoms with E-state index in [9.17, 15) is 17.6 Å². The molecule has 0 radical (unpaired) electrons. The van der Waals surface area contributed by atoms with Crippen LogP contribution >= 0.6 is 0 Å². The molecule has 0 spiro atoms. The summed E-state index contributed by atoms with van der Waals surface area (Å²) in [4.78, 5) is 4.15. The number of nitrogens with zero attached hydrogens (tertiary/aromatic N) is 2. The van der Waals surface area contributed by atoms with Crippen molar-refractivity contribution < 1.29 is 22.3 Å². The molecule has 0 bridgehead atoms. The van der Waals surface area contributed by atoms with Crippen molar-refractivity contribution in [3.8, 4) is 34.0 Å². The smallest absolute Gasteiger partial charge is 0.417 e. The molecule has 0 N–H and O–H groups in total. The van der Waals surface area contributed by atoms with Crippen molar-refractivity contribution in [1.82, 2.24) is 9.55 Å². The Labute approximate surface area is 170 Å². The van der Waals surface area contributed by atoms with E-state index in [-0.39, 0.29) is 11.4 Å². The van der Waals surface area contributed by atoms with Gasteiger partial charge in [-0.3, -0.25) is 4.57 Å². The maximum Gasteiger partial charge on any atom is 0.417 e. The molecule has 0 aliphatic heterocycles. The first-order chi connectivity index (χ1) is 14.4. The number of rotatable bonds is 4. The summed E-state index contributed by atoms with van der Waals surface area (Å²) in [6.45, 7) is 0. The Kier molecular flexibility index (Phi) is 5.03. The molecule has 0 aliphatic rings. The molecule has 4 rings (SSSR count). The number of halogens is 4. The zero-order valence-corrected chi connectivity index (χ0v) is 15.8. The number of hydrogen-bond donors (Lipinski definition) is 0. The van der Waals surface area contributed by atoms with Crippen molar-refractivity contribution in [3.05, 3.63) is 90.5 Å². The Hall–Kier alpha value is -3.61. The number of hydrogen-bond acceptors (Lipinski definition) is 2. The van der Waals surface area contributed by atoms with Crippen LogP contribution in [0.5, 0.6) is 5.75 Å². The molecule has 4 aromatic rings. The standard InChI is InChI=1S/C23H16F4N2O/c1-30-17-9-10-21(24)19(14-17)15-5-4-6-16(13-15)29-12-11-28-22(29)18-7-2-3-8-20(18)23(25,26)27/h2-14H,1H3. The number of alkyl halides is 3. The van der Waals surface area contributed by atoms with Gasteiger partial charge in [0.25, 0.3) is 0 Å². The van der Waals surface area contributed by atoms with Gasteiger partial charge in [0.2, 0.25) is 0 Å². The highest BCUT2D eigenvalue weighted by Crippen LogP contribution is 2.37. The van der Waals surface area contributed by atoms with Crippen molar-refractivity contribution in [2.75, 3.05) is 7.11 Å². The fraction of sp³-hybridized carbons (Fsp3) is 0.0870. The first-order valence-corrected chi connectivity index (χ1v) is 9.03. The van der Waals surface area contributed by atoms with Gasteiger partial charge in [0.1, 0.15) is 17.4 Å². The molecule has 0 amide bonds. The van der Waals surface area contributed by atoms with Crippen LogP contribution < -0.4 is 4.74 Å².